The summed E-state index contributed by atoms with van der Waals surface area (Å²) in [6.45, 7) is 4.20. The molecule has 0 fully saturated rings. The van der Waals surface area contributed by atoms with Crippen molar-refractivity contribution in [1.82, 2.24) is 9.97 Å². The van der Waals surface area contributed by atoms with Gasteiger partial charge in [0.1, 0.15) is 5.71 Å². The number of nitrogens with one attached hydrogen (secondary N) is 1. The highest BCUT2D eigenvalue weighted by atomic mass is 16.5. The van der Waals surface area contributed by atoms with Gasteiger partial charge in [-0.2, -0.15) is 5.10 Å². The summed E-state index contributed by atoms with van der Waals surface area (Å²) in [6, 6.07) is 9.42. The lowest BCUT2D eigenvalue weighted by molar-refractivity contribution is -0.136. The number of carboxylic acids is 2. The van der Waals surface area contributed by atoms with Crippen LogP contribution in [0.1, 0.15) is 37.9 Å². The lowest BCUT2D eigenvalue weighted by Gasteiger charge is -2.31. The third-order valence-corrected chi connectivity index (χ3v) is 4.44. The molecule has 0 radical (unpaired) electrons. The molecule has 3 N–H and O–H groups in total. The van der Waals surface area contributed by atoms with Crippen LogP contribution in [0, 0.1) is 0 Å². The summed E-state index contributed by atoms with van der Waals surface area (Å²) in [6.07, 6.45) is 0.0230. The van der Waals surface area contributed by atoms with Gasteiger partial charge in [0.15, 0.2) is 11.6 Å². The number of aromatic nitrogens is 2. The predicted octanol–water partition coefficient (Wildman–Crippen LogP) is 2.71. The number of nitrogens with zero attached hydrogens (tertiary/aromatic N) is 3. The Bertz CT molecular complexity index is 957. The molecule has 0 aliphatic carbocycles. The van der Waals surface area contributed by atoms with Crippen LogP contribution in [-0.4, -0.2) is 43.4 Å². The lowest BCUT2D eigenvalue weighted by atomic mass is 9.96. The Morgan fingerprint density at radius 2 is 1.90 bits per heavy atom. The zero-order chi connectivity index (χ0) is 21.0. The number of hydrazone groups is 1. The maximum absolute atomic E-state index is 11.4. The first-order chi connectivity index (χ1) is 13.7. The molecule has 0 bridgehead atoms. The van der Waals surface area contributed by atoms with E-state index in [1.807, 2.05) is 44.2 Å². The molecule has 29 heavy (non-hydrogen) atoms. The van der Waals surface area contributed by atoms with Crippen molar-refractivity contribution in [2.45, 2.75) is 45.3 Å². The number of hydrogen-bond donors (Lipinski definition) is 3. The molecule has 0 atom stereocenters. The maximum atomic E-state index is 11.4. The fourth-order valence-electron chi connectivity index (χ4n) is 2.92. The fraction of sp³-hybridized carbons (Fsp3) is 0.350. The molecular formula is C20H22N4O5. The van der Waals surface area contributed by atoms with Gasteiger partial charge in [-0.25, -0.2) is 14.8 Å². The molecule has 9 nitrogen and oxygen atoms in total. The number of aliphatic carboxylic acids is 2. The van der Waals surface area contributed by atoms with E-state index in [-0.39, 0.29) is 30.8 Å². The predicted molar refractivity (Wildman–Crippen MR) is 106 cm³/mol. The van der Waals surface area contributed by atoms with Gasteiger partial charge in [0.05, 0.1) is 24.3 Å². The Hall–Kier alpha value is -3.33. The van der Waals surface area contributed by atoms with Crippen molar-refractivity contribution in [2.75, 3.05) is 5.43 Å². The highest BCUT2D eigenvalue weighted by molar-refractivity contribution is 6.35. The van der Waals surface area contributed by atoms with Crippen LogP contribution in [0.3, 0.4) is 0 Å². The van der Waals surface area contributed by atoms with Gasteiger partial charge in [-0.1, -0.05) is 30.3 Å². The third kappa shape index (κ3) is 5.14. The second-order valence-corrected chi connectivity index (χ2v) is 7.28. The summed E-state index contributed by atoms with van der Waals surface area (Å²) in [5.41, 5.74) is 4.34. The smallest absolute Gasteiger partial charge is 0.352 e. The SMILES string of the molecule is CC1(C)Cc2nc(-c3ccccc3)nc(NN=C(CCC(=O)O)C(=O)O)c2CO1. The summed E-state index contributed by atoms with van der Waals surface area (Å²) < 4.78 is 5.85. The molecule has 3 rings (SSSR count). The van der Waals surface area contributed by atoms with E-state index in [0.717, 1.165) is 11.3 Å². The van der Waals surface area contributed by atoms with Crippen LogP contribution in [0.25, 0.3) is 11.4 Å². The summed E-state index contributed by atoms with van der Waals surface area (Å²) in [5.74, 6) is -1.55. The number of carbonyl (C=O) groups is 2. The highest BCUT2D eigenvalue weighted by Gasteiger charge is 2.30. The molecule has 0 spiro atoms. The molecule has 0 saturated heterocycles. The zero-order valence-corrected chi connectivity index (χ0v) is 16.2. The molecular weight excluding hydrogens is 376 g/mol. The van der Waals surface area contributed by atoms with Gasteiger partial charge in [-0.3, -0.25) is 10.2 Å². The number of anilines is 1. The number of rotatable bonds is 7. The molecule has 1 aromatic heterocycles. The van der Waals surface area contributed by atoms with Gasteiger partial charge in [0.25, 0.3) is 0 Å². The van der Waals surface area contributed by atoms with Crippen LogP contribution in [0.2, 0.25) is 0 Å². The first-order valence-electron chi connectivity index (χ1n) is 9.12. The van der Waals surface area contributed by atoms with Crippen molar-refractivity contribution in [3.63, 3.8) is 0 Å². The molecule has 1 aliphatic heterocycles. The van der Waals surface area contributed by atoms with Crippen molar-refractivity contribution < 1.29 is 24.5 Å². The van der Waals surface area contributed by atoms with Crippen LogP contribution in [0.4, 0.5) is 5.82 Å². The van der Waals surface area contributed by atoms with Gasteiger partial charge in [0.2, 0.25) is 0 Å². The Morgan fingerprint density at radius 3 is 2.55 bits per heavy atom. The molecule has 2 heterocycles. The molecule has 1 aliphatic rings. The molecule has 0 unspecified atom stereocenters. The van der Waals surface area contributed by atoms with E-state index in [2.05, 4.69) is 20.5 Å². The van der Waals surface area contributed by atoms with Gasteiger partial charge in [-0.15, -0.1) is 0 Å². The number of hydrogen-bond acceptors (Lipinski definition) is 7. The van der Waals surface area contributed by atoms with Crippen LogP contribution in [0.5, 0.6) is 0 Å². The normalized spacial score (nSPS) is 15.4. The van der Waals surface area contributed by atoms with Gasteiger partial charge in [0, 0.05) is 24.0 Å². The Labute approximate surface area is 167 Å². The fourth-order valence-corrected chi connectivity index (χ4v) is 2.92. The molecule has 1 aromatic carbocycles. The number of benzene rings is 1. The van der Waals surface area contributed by atoms with E-state index >= 15 is 0 Å². The minimum atomic E-state index is -1.29. The topological polar surface area (TPSA) is 134 Å². The minimum absolute atomic E-state index is 0.208. The van der Waals surface area contributed by atoms with E-state index in [1.54, 1.807) is 0 Å². The molecule has 152 valence electrons. The second-order valence-electron chi connectivity index (χ2n) is 7.28. The van der Waals surface area contributed by atoms with E-state index < -0.39 is 11.9 Å². The average Bonchev–Trinajstić information content (AvgIpc) is 2.66. The standard InChI is InChI=1S/C20H22N4O5/c1-20(2)10-15-13(11-29-20)18(22-17(21-15)12-6-4-3-5-7-12)24-23-14(19(27)28)8-9-16(25)26/h3-7H,8-11H2,1-2H3,(H,25,26)(H,27,28)(H,21,22,24). The quantitative estimate of drug-likeness (QED) is 0.479. The summed E-state index contributed by atoms with van der Waals surface area (Å²) >= 11 is 0. The Kier molecular flexibility index (Phi) is 5.88. The first-order valence-corrected chi connectivity index (χ1v) is 9.12. The van der Waals surface area contributed by atoms with E-state index in [1.165, 1.54) is 0 Å². The van der Waals surface area contributed by atoms with E-state index in [4.69, 9.17) is 9.84 Å². The van der Waals surface area contributed by atoms with Gasteiger partial charge < -0.3 is 14.9 Å². The molecule has 9 heteroatoms. The highest BCUT2D eigenvalue weighted by Crippen LogP contribution is 2.32. The van der Waals surface area contributed by atoms with E-state index in [0.29, 0.717) is 23.6 Å². The average molecular weight is 398 g/mol. The van der Waals surface area contributed by atoms with Crippen molar-refractivity contribution >= 4 is 23.5 Å². The number of ether oxygens (including phenoxy) is 1. The number of carboxylic acid groups (broad SMARTS) is 2. The Balaban J connectivity index is 1.99. The summed E-state index contributed by atoms with van der Waals surface area (Å²) in [7, 11) is 0. The van der Waals surface area contributed by atoms with Crippen molar-refractivity contribution in [2.24, 2.45) is 5.10 Å². The van der Waals surface area contributed by atoms with Crippen molar-refractivity contribution in [1.29, 1.82) is 0 Å². The first kappa shape index (κ1) is 20.4. The van der Waals surface area contributed by atoms with Gasteiger partial charge >= 0.3 is 11.9 Å². The Morgan fingerprint density at radius 1 is 1.17 bits per heavy atom. The zero-order valence-electron chi connectivity index (χ0n) is 16.2. The lowest BCUT2D eigenvalue weighted by Crippen LogP contribution is -2.33. The van der Waals surface area contributed by atoms with Gasteiger partial charge in [-0.05, 0) is 13.8 Å². The van der Waals surface area contributed by atoms with E-state index in [9.17, 15) is 14.7 Å². The van der Waals surface area contributed by atoms with Crippen LogP contribution >= 0.6 is 0 Å². The van der Waals surface area contributed by atoms with Crippen LogP contribution in [-0.2, 0) is 27.4 Å². The molecule has 0 amide bonds. The monoisotopic (exact) mass is 398 g/mol. The minimum Gasteiger partial charge on any atom is -0.481 e. The van der Waals surface area contributed by atoms with Crippen molar-refractivity contribution in [3.8, 4) is 11.4 Å². The largest absolute Gasteiger partial charge is 0.481 e. The maximum Gasteiger partial charge on any atom is 0.352 e. The molecule has 2 aromatic rings. The van der Waals surface area contributed by atoms with Crippen LogP contribution in [0.15, 0.2) is 35.4 Å². The van der Waals surface area contributed by atoms with Crippen LogP contribution < -0.4 is 5.43 Å². The second kappa shape index (κ2) is 8.36. The number of fused-ring (bicyclic) bond motifs is 1. The third-order valence-electron chi connectivity index (χ3n) is 4.44. The molecule has 0 saturated carbocycles. The van der Waals surface area contributed by atoms with Crippen molar-refractivity contribution in [3.05, 3.63) is 41.6 Å². The summed E-state index contributed by atoms with van der Waals surface area (Å²) in [4.78, 5) is 31.3. The summed E-state index contributed by atoms with van der Waals surface area (Å²) in [5, 5.41) is 22.0.